The Morgan fingerprint density at radius 2 is 1.69 bits per heavy atom. The van der Waals surface area contributed by atoms with E-state index < -0.39 is 0 Å². The summed E-state index contributed by atoms with van der Waals surface area (Å²) in [4.78, 5) is 0. The Hall–Kier alpha value is -0.780. The molecular weight excluding hydrogens is 312 g/mol. The van der Waals surface area contributed by atoms with Crippen molar-refractivity contribution in [2.45, 2.75) is 84.5 Å². The average molecular weight is 351 g/mol. The Balaban J connectivity index is 1.31. The zero-order valence-electron chi connectivity index (χ0n) is 17.1. The van der Waals surface area contributed by atoms with E-state index in [9.17, 15) is 0 Å². The molecule has 142 valence electrons. The quantitative estimate of drug-likeness (QED) is 0.526. The summed E-state index contributed by atoms with van der Waals surface area (Å²) in [6.07, 6.45) is 16.6. The minimum absolute atomic E-state index is 0.667. The zero-order chi connectivity index (χ0) is 17.8. The van der Waals surface area contributed by atoms with Gasteiger partial charge in [0.05, 0.1) is 0 Å². The smallest absolute Gasteiger partial charge is 0.0250 e. The van der Waals surface area contributed by atoms with Gasteiger partial charge in [-0.1, -0.05) is 50.6 Å². The van der Waals surface area contributed by atoms with Crippen LogP contribution in [0, 0.1) is 40.4 Å². The molecule has 1 aromatic rings. The molecule has 0 radical (unpaired) electrons. The molecule has 4 aliphatic rings. The summed E-state index contributed by atoms with van der Waals surface area (Å²) in [7, 11) is 0. The molecule has 4 saturated carbocycles. The van der Waals surface area contributed by atoms with E-state index in [0.29, 0.717) is 5.41 Å². The van der Waals surface area contributed by atoms with Crippen molar-refractivity contribution in [2.24, 2.45) is 40.4 Å². The minimum atomic E-state index is 0.667. The van der Waals surface area contributed by atoms with Crippen LogP contribution in [0.3, 0.4) is 0 Å². The maximum Gasteiger partial charge on any atom is -0.0250 e. The van der Waals surface area contributed by atoms with Crippen molar-refractivity contribution in [3.05, 3.63) is 35.9 Å². The summed E-state index contributed by atoms with van der Waals surface area (Å²) in [5.41, 5.74) is 2.95. The van der Waals surface area contributed by atoms with E-state index in [1.165, 1.54) is 51.4 Å². The lowest BCUT2D eigenvalue weighted by molar-refractivity contribution is -0.111. The Labute approximate surface area is 161 Å². The van der Waals surface area contributed by atoms with Crippen LogP contribution in [0.4, 0.5) is 0 Å². The fourth-order valence-electron chi connectivity index (χ4n) is 8.47. The van der Waals surface area contributed by atoms with Gasteiger partial charge in [-0.25, -0.2) is 0 Å². The summed E-state index contributed by atoms with van der Waals surface area (Å²) in [5.74, 6) is 5.14. The molecule has 7 atom stereocenters. The maximum absolute atomic E-state index is 2.73. The van der Waals surface area contributed by atoms with Crippen molar-refractivity contribution < 1.29 is 0 Å². The molecule has 0 amide bonds. The monoisotopic (exact) mass is 350 g/mol. The van der Waals surface area contributed by atoms with Gasteiger partial charge >= 0.3 is 0 Å². The fourth-order valence-corrected chi connectivity index (χ4v) is 8.47. The summed E-state index contributed by atoms with van der Waals surface area (Å²) in [5, 5.41) is 0. The highest BCUT2D eigenvalue weighted by Crippen LogP contribution is 2.66. The molecule has 0 N–H and O–H groups in total. The third-order valence-corrected chi connectivity index (χ3v) is 9.92. The van der Waals surface area contributed by atoms with Gasteiger partial charge in [0.25, 0.3) is 0 Å². The number of benzene rings is 1. The first-order chi connectivity index (χ1) is 12.6. The lowest BCUT2D eigenvalue weighted by atomic mass is 9.44. The maximum atomic E-state index is 2.73. The third kappa shape index (κ3) is 2.70. The number of hydrogen-bond donors (Lipinski definition) is 0. The van der Waals surface area contributed by atoms with Crippen LogP contribution in [-0.2, 0) is 6.42 Å². The van der Waals surface area contributed by atoms with Gasteiger partial charge in [-0.3, -0.25) is 0 Å². The van der Waals surface area contributed by atoms with E-state index >= 15 is 0 Å². The molecule has 0 heterocycles. The summed E-state index contributed by atoms with van der Waals surface area (Å²) < 4.78 is 0. The first kappa shape index (κ1) is 17.3. The van der Waals surface area contributed by atoms with Crippen LogP contribution < -0.4 is 0 Å². The van der Waals surface area contributed by atoms with Crippen molar-refractivity contribution in [1.29, 1.82) is 0 Å². The first-order valence-electron chi connectivity index (χ1n) is 11.6. The molecule has 0 aliphatic heterocycles. The zero-order valence-corrected chi connectivity index (χ0v) is 17.1. The molecule has 0 aromatic heterocycles. The van der Waals surface area contributed by atoms with Gasteiger partial charge in [0.1, 0.15) is 0 Å². The highest BCUT2D eigenvalue weighted by Gasteiger charge is 2.57. The third-order valence-electron chi connectivity index (χ3n) is 9.92. The second kappa shape index (κ2) is 6.39. The standard InChI is InChI=1S/C26H38/c1-25-14-6-9-23(25)22-11-10-21-18-20(17-19-7-4-3-5-8-19)12-16-26(21,2)24(22)13-15-25/h3-5,7-8,20-24H,6,9-18H2,1-2H3. The van der Waals surface area contributed by atoms with Crippen molar-refractivity contribution >= 4 is 0 Å². The topological polar surface area (TPSA) is 0 Å². The lowest BCUT2D eigenvalue weighted by Crippen LogP contribution is -2.52. The normalized spacial score (nSPS) is 47.7. The highest BCUT2D eigenvalue weighted by atomic mass is 14.6. The Bertz CT molecular complexity index is 633. The minimum Gasteiger partial charge on any atom is -0.0622 e. The molecule has 0 spiro atoms. The summed E-state index contributed by atoms with van der Waals surface area (Å²) >= 11 is 0. The van der Waals surface area contributed by atoms with Gasteiger partial charge in [0.15, 0.2) is 0 Å². The van der Waals surface area contributed by atoms with E-state index in [-0.39, 0.29) is 0 Å². The van der Waals surface area contributed by atoms with E-state index in [1.807, 2.05) is 0 Å². The molecule has 0 bridgehead atoms. The van der Waals surface area contributed by atoms with Crippen LogP contribution >= 0.6 is 0 Å². The SMILES string of the molecule is CC12CCCC1C1CCC3CC(Cc4ccccc4)CCC3(C)C1CC2. The van der Waals surface area contributed by atoms with Crippen LogP contribution in [0.25, 0.3) is 0 Å². The van der Waals surface area contributed by atoms with Crippen molar-refractivity contribution in [3.63, 3.8) is 0 Å². The summed E-state index contributed by atoms with van der Waals surface area (Å²) in [6.45, 7) is 5.37. The van der Waals surface area contributed by atoms with Gasteiger partial charge in [0, 0.05) is 0 Å². The van der Waals surface area contributed by atoms with Crippen molar-refractivity contribution in [2.75, 3.05) is 0 Å². The highest BCUT2D eigenvalue weighted by molar-refractivity contribution is 5.16. The van der Waals surface area contributed by atoms with E-state index in [0.717, 1.165) is 35.0 Å². The second-order valence-electron chi connectivity index (χ2n) is 11.1. The Morgan fingerprint density at radius 1 is 0.846 bits per heavy atom. The number of fused-ring (bicyclic) bond motifs is 5. The molecule has 4 aliphatic carbocycles. The van der Waals surface area contributed by atoms with Crippen LogP contribution in [0.1, 0.15) is 83.6 Å². The van der Waals surface area contributed by atoms with Gasteiger partial charge in [-0.15, -0.1) is 0 Å². The van der Waals surface area contributed by atoms with Crippen molar-refractivity contribution in [1.82, 2.24) is 0 Å². The van der Waals surface area contributed by atoms with Gasteiger partial charge < -0.3 is 0 Å². The molecule has 0 saturated heterocycles. The van der Waals surface area contributed by atoms with Gasteiger partial charge in [-0.05, 0) is 110 Å². The van der Waals surface area contributed by atoms with Crippen LogP contribution in [0.2, 0.25) is 0 Å². The first-order valence-corrected chi connectivity index (χ1v) is 11.6. The molecule has 1 aromatic carbocycles. The fraction of sp³-hybridized carbons (Fsp3) is 0.769. The van der Waals surface area contributed by atoms with Gasteiger partial charge in [0.2, 0.25) is 0 Å². The molecular formula is C26H38. The Morgan fingerprint density at radius 3 is 2.54 bits per heavy atom. The number of hydrogen-bond acceptors (Lipinski definition) is 0. The van der Waals surface area contributed by atoms with Crippen LogP contribution in [0.5, 0.6) is 0 Å². The Kier molecular flexibility index (Phi) is 4.26. The predicted octanol–water partition coefficient (Wildman–Crippen LogP) is 7.28. The molecule has 0 heteroatoms. The molecule has 0 nitrogen and oxygen atoms in total. The average Bonchev–Trinajstić information content (AvgIpc) is 3.05. The molecule has 7 unspecified atom stereocenters. The predicted molar refractivity (Wildman–Crippen MR) is 110 cm³/mol. The van der Waals surface area contributed by atoms with Crippen LogP contribution in [-0.4, -0.2) is 0 Å². The van der Waals surface area contributed by atoms with Gasteiger partial charge in [-0.2, -0.15) is 0 Å². The van der Waals surface area contributed by atoms with Crippen molar-refractivity contribution in [3.8, 4) is 0 Å². The summed E-state index contributed by atoms with van der Waals surface area (Å²) in [6, 6.07) is 11.3. The molecule has 26 heavy (non-hydrogen) atoms. The lowest BCUT2D eigenvalue weighted by Gasteiger charge is -2.60. The largest absolute Gasteiger partial charge is 0.0622 e. The molecule has 4 fully saturated rings. The van der Waals surface area contributed by atoms with E-state index in [4.69, 9.17) is 0 Å². The number of rotatable bonds is 2. The molecule has 5 rings (SSSR count). The van der Waals surface area contributed by atoms with Crippen LogP contribution in [0.15, 0.2) is 30.3 Å². The van der Waals surface area contributed by atoms with E-state index in [1.54, 1.807) is 24.8 Å². The second-order valence-corrected chi connectivity index (χ2v) is 11.1. The van der Waals surface area contributed by atoms with E-state index in [2.05, 4.69) is 44.2 Å².